The van der Waals surface area contributed by atoms with Crippen LogP contribution in [-0.2, 0) is 4.79 Å². The number of anilines is 2. The van der Waals surface area contributed by atoms with E-state index in [-0.39, 0.29) is 38.7 Å². The van der Waals surface area contributed by atoms with Crippen LogP contribution in [0.2, 0.25) is 10.0 Å². The van der Waals surface area contributed by atoms with E-state index in [0.29, 0.717) is 5.69 Å². The molecule has 1 aliphatic rings. The fourth-order valence-corrected chi connectivity index (χ4v) is 2.92. The fourth-order valence-electron chi connectivity index (χ4n) is 2.43. The van der Waals surface area contributed by atoms with Crippen LogP contribution >= 0.6 is 23.2 Å². The van der Waals surface area contributed by atoms with Crippen molar-refractivity contribution in [3.63, 3.8) is 0 Å². The molecule has 1 fully saturated rings. The van der Waals surface area contributed by atoms with Gasteiger partial charge in [-0.05, 0) is 49.2 Å². The van der Waals surface area contributed by atoms with E-state index in [0.717, 1.165) is 12.8 Å². The van der Waals surface area contributed by atoms with Crippen molar-refractivity contribution in [2.24, 2.45) is 5.92 Å². The van der Waals surface area contributed by atoms with Gasteiger partial charge in [-0.3, -0.25) is 10.2 Å². The van der Waals surface area contributed by atoms with Crippen LogP contribution in [0.15, 0.2) is 36.4 Å². The number of hydrogen-bond donors (Lipinski definition) is 3. The molecule has 0 aliphatic heterocycles. The maximum Gasteiger partial charge on any atom is 0.335 e. The van der Waals surface area contributed by atoms with Crippen molar-refractivity contribution in [1.29, 1.82) is 0 Å². The van der Waals surface area contributed by atoms with Crippen molar-refractivity contribution >= 4 is 52.4 Å². The summed E-state index contributed by atoms with van der Waals surface area (Å²) in [7, 11) is 0. The Morgan fingerprint density at radius 2 is 1.48 bits per heavy atom. The Bertz CT molecular complexity index is 943. The van der Waals surface area contributed by atoms with Gasteiger partial charge in [-0.1, -0.05) is 23.2 Å². The SMILES string of the molecule is O=C(O)c1ccc(NN(C(=O)C2CC2)c2ccc(C(=O)O)cc2Cl)c(Cl)c1. The fraction of sp³-hybridized carbons (Fsp3) is 0.167. The van der Waals surface area contributed by atoms with Gasteiger partial charge in [-0.15, -0.1) is 0 Å². The lowest BCUT2D eigenvalue weighted by Gasteiger charge is -2.26. The third-order valence-corrected chi connectivity index (χ3v) is 4.65. The van der Waals surface area contributed by atoms with Crippen molar-refractivity contribution in [2.45, 2.75) is 12.8 Å². The van der Waals surface area contributed by atoms with Crippen molar-refractivity contribution < 1.29 is 24.6 Å². The molecule has 2 aromatic carbocycles. The highest BCUT2D eigenvalue weighted by Gasteiger charge is 2.35. The Morgan fingerprint density at radius 1 is 0.926 bits per heavy atom. The van der Waals surface area contributed by atoms with Gasteiger partial charge in [0.2, 0.25) is 5.91 Å². The zero-order chi connectivity index (χ0) is 19.7. The molecule has 27 heavy (non-hydrogen) atoms. The molecule has 1 amide bonds. The van der Waals surface area contributed by atoms with E-state index in [1.54, 1.807) is 0 Å². The quantitative estimate of drug-likeness (QED) is 0.619. The standard InChI is InChI=1S/C18H14Cl2N2O5/c19-12-7-10(17(24)25)3-5-14(12)21-22(16(23)9-1-2-9)15-6-4-11(18(26)27)8-13(15)20/h3-9,21H,1-2H2,(H,24,25)(H,26,27). The highest BCUT2D eigenvalue weighted by atomic mass is 35.5. The average molecular weight is 409 g/mol. The van der Waals surface area contributed by atoms with Crippen LogP contribution in [-0.4, -0.2) is 28.1 Å². The summed E-state index contributed by atoms with van der Waals surface area (Å²) in [6.45, 7) is 0. The summed E-state index contributed by atoms with van der Waals surface area (Å²) in [5, 5.41) is 19.5. The number of hydrazine groups is 1. The number of halogens is 2. The van der Waals surface area contributed by atoms with Gasteiger partial charge in [0.25, 0.3) is 0 Å². The number of aromatic carboxylic acids is 2. The molecule has 0 unspecified atom stereocenters. The molecule has 3 N–H and O–H groups in total. The number of hydrogen-bond acceptors (Lipinski definition) is 4. The van der Waals surface area contributed by atoms with E-state index >= 15 is 0 Å². The minimum absolute atomic E-state index is 0.00795. The van der Waals surface area contributed by atoms with Gasteiger partial charge in [-0.25, -0.2) is 14.6 Å². The largest absolute Gasteiger partial charge is 0.478 e. The van der Waals surface area contributed by atoms with E-state index in [9.17, 15) is 14.4 Å². The number of carboxylic acids is 2. The Hall–Kier alpha value is -2.77. The smallest absolute Gasteiger partial charge is 0.335 e. The van der Waals surface area contributed by atoms with Crippen LogP contribution in [0.25, 0.3) is 0 Å². The minimum atomic E-state index is -1.14. The van der Waals surface area contributed by atoms with Crippen LogP contribution in [0.4, 0.5) is 11.4 Å². The molecule has 1 aliphatic carbocycles. The first-order valence-electron chi connectivity index (χ1n) is 7.94. The molecule has 140 valence electrons. The number of amides is 1. The van der Waals surface area contributed by atoms with Gasteiger partial charge in [0.05, 0.1) is 32.5 Å². The summed E-state index contributed by atoms with van der Waals surface area (Å²) in [5.74, 6) is -2.66. The summed E-state index contributed by atoms with van der Waals surface area (Å²) in [4.78, 5) is 34.8. The Morgan fingerprint density at radius 3 is 1.96 bits per heavy atom. The normalized spacial score (nSPS) is 13.1. The summed E-state index contributed by atoms with van der Waals surface area (Å²) in [5.41, 5.74) is 3.46. The lowest BCUT2D eigenvalue weighted by atomic mass is 10.2. The van der Waals surface area contributed by atoms with Crippen LogP contribution in [0, 0.1) is 5.92 Å². The molecular weight excluding hydrogens is 395 g/mol. The highest BCUT2D eigenvalue weighted by Crippen LogP contribution is 2.36. The Balaban J connectivity index is 1.97. The van der Waals surface area contributed by atoms with Crippen LogP contribution in [0.5, 0.6) is 0 Å². The van der Waals surface area contributed by atoms with Gasteiger partial charge < -0.3 is 10.2 Å². The lowest BCUT2D eigenvalue weighted by molar-refractivity contribution is -0.119. The number of carbonyl (C=O) groups is 3. The van der Waals surface area contributed by atoms with Crippen molar-refractivity contribution in [2.75, 3.05) is 10.4 Å². The van der Waals surface area contributed by atoms with Gasteiger partial charge in [-0.2, -0.15) is 0 Å². The molecule has 0 atom stereocenters. The third-order valence-electron chi connectivity index (χ3n) is 4.03. The van der Waals surface area contributed by atoms with Crippen molar-refractivity contribution in [3.8, 4) is 0 Å². The maximum atomic E-state index is 12.7. The molecule has 7 nitrogen and oxygen atoms in total. The molecule has 1 saturated carbocycles. The first kappa shape index (κ1) is 19.0. The van der Waals surface area contributed by atoms with Crippen LogP contribution < -0.4 is 10.4 Å². The summed E-state index contributed by atoms with van der Waals surface area (Å²) >= 11 is 12.3. The predicted molar refractivity (Wildman–Crippen MR) is 101 cm³/mol. The molecule has 9 heteroatoms. The minimum Gasteiger partial charge on any atom is -0.478 e. The molecule has 0 spiro atoms. The maximum absolute atomic E-state index is 12.7. The lowest BCUT2D eigenvalue weighted by Crippen LogP contribution is -2.37. The average Bonchev–Trinajstić information content (AvgIpc) is 3.45. The van der Waals surface area contributed by atoms with E-state index < -0.39 is 11.9 Å². The number of carboxylic acid groups (broad SMARTS) is 2. The Kier molecular flexibility index (Phi) is 5.25. The number of rotatable bonds is 6. The third kappa shape index (κ3) is 4.15. The van der Waals surface area contributed by atoms with Gasteiger partial charge in [0, 0.05) is 5.92 Å². The van der Waals surface area contributed by atoms with Crippen molar-refractivity contribution in [3.05, 3.63) is 57.6 Å². The summed E-state index contributed by atoms with van der Waals surface area (Å²) < 4.78 is 0. The molecule has 2 aromatic rings. The van der Waals surface area contributed by atoms with E-state index in [1.165, 1.54) is 41.4 Å². The predicted octanol–water partition coefficient (Wildman–Crippen LogP) is 4.16. The number of nitrogens with one attached hydrogen (secondary N) is 1. The van der Waals surface area contributed by atoms with Gasteiger partial charge >= 0.3 is 11.9 Å². The summed E-state index contributed by atoms with van der Waals surface area (Å²) in [6.07, 6.45) is 1.49. The van der Waals surface area contributed by atoms with Gasteiger partial charge in [0.1, 0.15) is 0 Å². The van der Waals surface area contributed by atoms with Crippen molar-refractivity contribution in [1.82, 2.24) is 0 Å². The monoisotopic (exact) mass is 408 g/mol. The van der Waals surface area contributed by atoms with E-state index in [2.05, 4.69) is 5.43 Å². The second-order valence-corrected chi connectivity index (χ2v) is 6.85. The molecule has 0 bridgehead atoms. The van der Waals surface area contributed by atoms with Crippen LogP contribution in [0.1, 0.15) is 33.6 Å². The number of benzene rings is 2. The van der Waals surface area contributed by atoms with E-state index in [1.807, 2.05) is 0 Å². The molecular formula is C18H14Cl2N2O5. The first-order valence-corrected chi connectivity index (χ1v) is 8.70. The zero-order valence-corrected chi connectivity index (χ0v) is 15.3. The van der Waals surface area contributed by atoms with Gasteiger partial charge in [0.15, 0.2) is 0 Å². The Labute approximate surface area is 164 Å². The topological polar surface area (TPSA) is 107 Å². The second-order valence-electron chi connectivity index (χ2n) is 6.03. The zero-order valence-electron chi connectivity index (χ0n) is 13.8. The van der Waals surface area contributed by atoms with Crippen LogP contribution in [0.3, 0.4) is 0 Å². The molecule has 0 radical (unpaired) electrons. The summed E-state index contributed by atoms with van der Waals surface area (Å²) in [6, 6.07) is 8.08. The number of nitrogens with zero attached hydrogens (tertiary/aromatic N) is 1. The highest BCUT2D eigenvalue weighted by molar-refractivity contribution is 6.35. The van der Waals surface area contributed by atoms with E-state index in [4.69, 9.17) is 33.4 Å². The molecule has 3 rings (SSSR count). The molecule has 0 heterocycles. The molecule has 0 aromatic heterocycles. The molecule has 0 saturated heterocycles. The second kappa shape index (κ2) is 7.46. The first-order chi connectivity index (χ1) is 12.8. The number of carbonyl (C=O) groups excluding carboxylic acids is 1.